The average molecular weight is 263 g/mol. The van der Waals surface area contributed by atoms with Crippen molar-refractivity contribution in [3.05, 3.63) is 11.9 Å². The van der Waals surface area contributed by atoms with Crippen LogP contribution in [0.3, 0.4) is 0 Å². The van der Waals surface area contributed by atoms with Gasteiger partial charge < -0.3 is 10.3 Å². The van der Waals surface area contributed by atoms with Crippen molar-refractivity contribution in [1.82, 2.24) is 9.97 Å². The molecule has 1 saturated heterocycles. The molecule has 2 heterocycles. The van der Waals surface area contributed by atoms with E-state index in [1.807, 2.05) is 6.07 Å². The van der Waals surface area contributed by atoms with Crippen LogP contribution in [0.25, 0.3) is 0 Å². The number of hydrogen-bond donors (Lipinski definition) is 2. The number of rotatable bonds is 4. The average Bonchev–Trinajstić information content (AvgIpc) is 2.87. The fraction of sp³-hybridized carbons (Fsp3) is 0.714. The summed E-state index contributed by atoms with van der Waals surface area (Å²) in [5.74, 6) is 9.82. The predicted octanol–water partition coefficient (Wildman–Crippen LogP) is 2.37. The van der Waals surface area contributed by atoms with Gasteiger partial charge in [-0.3, -0.25) is 0 Å². The molecule has 1 aromatic rings. The van der Waals surface area contributed by atoms with Crippen LogP contribution in [-0.2, 0) is 0 Å². The Labute approximate surface area is 115 Å². The molecule has 1 aliphatic rings. The van der Waals surface area contributed by atoms with Gasteiger partial charge in [-0.25, -0.2) is 15.8 Å². The Balaban J connectivity index is 2.22. The molecule has 0 aliphatic carbocycles. The molecule has 1 aliphatic heterocycles. The molecule has 3 N–H and O–H groups in total. The normalized spacial score (nSPS) is 19.5. The van der Waals surface area contributed by atoms with Gasteiger partial charge in [-0.2, -0.15) is 0 Å². The van der Waals surface area contributed by atoms with Crippen LogP contribution >= 0.6 is 0 Å². The first kappa shape index (κ1) is 14.1. The molecule has 0 amide bonds. The maximum atomic E-state index is 5.50. The van der Waals surface area contributed by atoms with E-state index in [2.05, 4.69) is 48.0 Å². The minimum absolute atomic E-state index is 0.301. The van der Waals surface area contributed by atoms with E-state index in [0.717, 1.165) is 36.6 Å². The van der Waals surface area contributed by atoms with Crippen LogP contribution in [0.4, 0.5) is 11.6 Å². The Kier molecular flexibility index (Phi) is 4.24. The summed E-state index contributed by atoms with van der Waals surface area (Å²) in [5.41, 5.74) is 2.64. The fourth-order valence-electron chi connectivity index (χ4n) is 2.49. The summed E-state index contributed by atoms with van der Waals surface area (Å²) in [6.45, 7) is 10.9. The van der Waals surface area contributed by atoms with E-state index in [0.29, 0.717) is 11.7 Å². The lowest BCUT2D eigenvalue weighted by Gasteiger charge is -2.20. The van der Waals surface area contributed by atoms with Crippen molar-refractivity contribution in [2.45, 2.75) is 40.0 Å². The highest BCUT2D eigenvalue weighted by molar-refractivity contribution is 5.49. The van der Waals surface area contributed by atoms with Gasteiger partial charge in [0.05, 0.1) is 0 Å². The van der Waals surface area contributed by atoms with Crippen LogP contribution in [0.15, 0.2) is 6.07 Å². The van der Waals surface area contributed by atoms with E-state index in [-0.39, 0.29) is 0 Å². The van der Waals surface area contributed by atoms with E-state index >= 15 is 0 Å². The second-order valence-electron chi connectivity index (χ2n) is 6.01. The first-order chi connectivity index (χ1) is 9.01. The van der Waals surface area contributed by atoms with E-state index in [1.54, 1.807) is 0 Å². The first-order valence-electron chi connectivity index (χ1n) is 7.11. The zero-order valence-corrected chi connectivity index (χ0v) is 12.3. The first-order valence-corrected chi connectivity index (χ1v) is 7.11. The summed E-state index contributed by atoms with van der Waals surface area (Å²) in [6, 6.07) is 1.94. The van der Waals surface area contributed by atoms with Crippen LogP contribution in [0, 0.1) is 11.8 Å². The van der Waals surface area contributed by atoms with Crippen molar-refractivity contribution < 1.29 is 0 Å². The Morgan fingerprint density at radius 3 is 2.58 bits per heavy atom. The lowest BCUT2D eigenvalue weighted by molar-refractivity contribution is 0.422. The zero-order valence-electron chi connectivity index (χ0n) is 12.3. The lowest BCUT2D eigenvalue weighted by atomic mass is 9.95. The molecule has 5 nitrogen and oxygen atoms in total. The van der Waals surface area contributed by atoms with E-state index in [4.69, 9.17) is 5.84 Å². The van der Waals surface area contributed by atoms with Crippen LogP contribution in [0.2, 0.25) is 0 Å². The predicted molar refractivity (Wildman–Crippen MR) is 79.1 cm³/mol. The highest BCUT2D eigenvalue weighted by Crippen LogP contribution is 2.28. The SMILES string of the molecule is CC(C)c1nc(NN)cc(N2CCC(C(C)C)C2)n1. The van der Waals surface area contributed by atoms with Crippen molar-refractivity contribution in [2.24, 2.45) is 17.7 Å². The van der Waals surface area contributed by atoms with Crippen LogP contribution < -0.4 is 16.2 Å². The van der Waals surface area contributed by atoms with Gasteiger partial charge in [-0.15, -0.1) is 0 Å². The minimum atomic E-state index is 0.301. The van der Waals surface area contributed by atoms with Gasteiger partial charge in [0.1, 0.15) is 17.5 Å². The van der Waals surface area contributed by atoms with Crippen LogP contribution in [0.5, 0.6) is 0 Å². The van der Waals surface area contributed by atoms with E-state index in [1.165, 1.54) is 6.42 Å². The topological polar surface area (TPSA) is 67.1 Å². The third kappa shape index (κ3) is 3.15. The molecule has 0 radical (unpaired) electrons. The number of anilines is 2. The molecular weight excluding hydrogens is 238 g/mol. The monoisotopic (exact) mass is 263 g/mol. The largest absolute Gasteiger partial charge is 0.356 e. The van der Waals surface area contributed by atoms with Crippen molar-refractivity contribution >= 4 is 11.6 Å². The van der Waals surface area contributed by atoms with Gasteiger partial charge in [0, 0.05) is 25.1 Å². The molecule has 1 aromatic heterocycles. The Hall–Kier alpha value is -1.36. The Morgan fingerprint density at radius 2 is 2.05 bits per heavy atom. The number of nitrogens with zero attached hydrogens (tertiary/aromatic N) is 3. The molecule has 1 unspecified atom stereocenters. The molecule has 5 heteroatoms. The number of aromatic nitrogens is 2. The number of nitrogens with two attached hydrogens (primary N) is 1. The summed E-state index contributed by atoms with van der Waals surface area (Å²) >= 11 is 0. The van der Waals surface area contributed by atoms with Crippen LogP contribution in [0.1, 0.15) is 45.9 Å². The molecule has 1 fully saturated rings. The third-order valence-electron chi connectivity index (χ3n) is 3.89. The summed E-state index contributed by atoms with van der Waals surface area (Å²) in [5, 5.41) is 0. The van der Waals surface area contributed by atoms with E-state index in [9.17, 15) is 0 Å². The highest BCUT2D eigenvalue weighted by Gasteiger charge is 2.26. The summed E-state index contributed by atoms with van der Waals surface area (Å²) in [7, 11) is 0. The van der Waals surface area contributed by atoms with Crippen molar-refractivity contribution in [3.63, 3.8) is 0 Å². The third-order valence-corrected chi connectivity index (χ3v) is 3.89. The fourth-order valence-corrected chi connectivity index (χ4v) is 2.49. The lowest BCUT2D eigenvalue weighted by Crippen LogP contribution is -2.23. The molecule has 19 heavy (non-hydrogen) atoms. The molecule has 106 valence electrons. The molecule has 0 spiro atoms. The van der Waals surface area contributed by atoms with Gasteiger partial charge in [-0.1, -0.05) is 27.7 Å². The highest BCUT2D eigenvalue weighted by atomic mass is 15.3. The number of nitrogens with one attached hydrogen (secondary N) is 1. The van der Waals surface area contributed by atoms with Crippen molar-refractivity contribution in [1.29, 1.82) is 0 Å². The van der Waals surface area contributed by atoms with Crippen LogP contribution in [-0.4, -0.2) is 23.1 Å². The maximum Gasteiger partial charge on any atom is 0.145 e. The van der Waals surface area contributed by atoms with Gasteiger partial charge in [0.15, 0.2) is 0 Å². The van der Waals surface area contributed by atoms with Crippen molar-refractivity contribution in [2.75, 3.05) is 23.4 Å². The number of hydrogen-bond acceptors (Lipinski definition) is 5. The maximum absolute atomic E-state index is 5.50. The Morgan fingerprint density at radius 1 is 1.32 bits per heavy atom. The van der Waals surface area contributed by atoms with Gasteiger partial charge in [0.25, 0.3) is 0 Å². The van der Waals surface area contributed by atoms with Gasteiger partial charge in [0.2, 0.25) is 0 Å². The quantitative estimate of drug-likeness (QED) is 0.645. The molecule has 0 bridgehead atoms. The second-order valence-corrected chi connectivity index (χ2v) is 6.01. The standard InChI is InChI=1S/C14H25N5/c1-9(2)11-5-6-19(8-11)13-7-12(18-15)16-14(17-13)10(3)4/h7,9-11H,5-6,8,15H2,1-4H3,(H,16,17,18). The summed E-state index contributed by atoms with van der Waals surface area (Å²) in [6.07, 6.45) is 1.24. The summed E-state index contributed by atoms with van der Waals surface area (Å²) < 4.78 is 0. The van der Waals surface area contributed by atoms with E-state index < -0.39 is 0 Å². The molecule has 0 saturated carbocycles. The number of hydrazine groups is 1. The molecule has 0 aromatic carbocycles. The van der Waals surface area contributed by atoms with Gasteiger partial charge in [-0.05, 0) is 18.3 Å². The zero-order chi connectivity index (χ0) is 14.0. The summed E-state index contributed by atoms with van der Waals surface area (Å²) in [4.78, 5) is 11.4. The molecule has 2 rings (SSSR count). The number of nitrogen functional groups attached to an aromatic ring is 1. The van der Waals surface area contributed by atoms with Crippen molar-refractivity contribution in [3.8, 4) is 0 Å². The van der Waals surface area contributed by atoms with Gasteiger partial charge >= 0.3 is 0 Å². The second kappa shape index (κ2) is 5.74. The smallest absolute Gasteiger partial charge is 0.145 e. The minimum Gasteiger partial charge on any atom is -0.356 e. The molecule has 1 atom stereocenters. The molecular formula is C14H25N5. The Bertz CT molecular complexity index is 430.